The van der Waals surface area contributed by atoms with Crippen LogP contribution in [-0.4, -0.2) is 111 Å². The molecule has 4 atom stereocenters. The molecule has 0 aromatic carbocycles. The Morgan fingerprint density at radius 1 is 0.931 bits per heavy atom. The van der Waals surface area contributed by atoms with Crippen molar-refractivity contribution in [1.82, 2.24) is 9.80 Å². The molecule has 166 valence electrons. The largest absolute Gasteiger partial charge is 0.389 e. The normalized spacial score (nSPS) is 35.6. The number of ether oxygens (including phenoxy) is 4. The van der Waals surface area contributed by atoms with Gasteiger partial charge in [-0.3, -0.25) is 9.69 Å². The molecule has 4 saturated heterocycles. The zero-order valence-corrected chi connectivity index (χ0v) is 17.4. The Morgan fingerprint density at radius 3 is 2.48 bits per heavy atom. The number of aliphatic hydroxyl groups excluding tert-OH is 1. The lowest BCUT2D eigenvalue weighted by Crippen LogP contribution is -2.57. The van der Waals surface area contributed by atoms with Crippen LogP contribution in [0.3, 0.4) is 0 Å². The van der Waals surface area contributed by atoms with Crippen molar-refractivity contribution in [1.29, 1.82) is 0 Å². The van der Waals surface area contributed by atoms with Crippen LogP contribution in [0.25, 0.3) is 0 Å². The molecule has 0 radical (unpaired) electrons. The highest BCUT2D eigenvalue weighted by Crippen LogP contribution is 2.29. The zero-order chi connectivity index (χ0) is 20.1. The minimum Gasteiger partial charge on any atom is -0.389 e. The van der Waals surface area contributed by atoms with Gasteiger partial charge in [-0.15, -0.1) is 0 Å². The predicted octanol–water partition coefficient (Wildman–Crippen LogP) is 0.271. The number of hydrogen-bond donors (Lipinski definition) is 1. The van der Waals surface area contributed by atoms with Crippen LogP contribution in [0.1, 0.15) is 32.1 Å². The van der Waals surface area contributed by atoms with Crippen LogP contribution >= 0.6 is 0 Å². The predicted molar refractivity (Wildman–Crippen MR) is 106 cm³/mol. The molecule has 4 heterocycles. The molecular weight excluding hydrogens is 376 g/mol. The second-order valence-electron chi connectivity index (χ2n) is 8.84. The van der Waals surface area contributed by atoms with Gasteiger partial charge >= 0.3 is 0 Å². The molecule has 0 aromatic rings. The van der Waals surface area contributed by atoms with Gasteiger partial charge in [0.2, 0.25) is 5.91 Å². The summed E-state index contributed by atoms with van der Waals surface area (Å²) in [6.45, 7) is 6.69. The topological polar surface area (TPSA) is 80.7 Å². The van der Waals surface area contributed by atoms with E-state index in [1.807, 2.05) is 4.90 Å². The third-order valence-corrected chi connectivity index (χ3v) is 6.69. The van der Waals surface area contributed by atoms with Gasteiger partial charge in [-0.2, -0.15) is 0 Å². The third kappa shape index (κ3) is 5.89. The van der Waals surface area contributed by atoms with Gasteiger partial charge in [-0.05, 0) is 31.6 Å². The van der Waals surface area contributed by atoms with E-state index in [0.29, 0.717) is 58.4 Å². The molecule has 29 heavy (non-hydrogen) atoms. The number of amides is 1. The Kier molecular flexibility index (Phi) is 7.77. The van der Waals surface area contributed by atoms with Crippen LogP contribution in [0.4, 0.5) is 0 Å². The SMILES string of the molecule is O=C(C[C@H]1CC[C@H]2[C@@H](COC[C@H](O)CN2CC2CCOCC2)O1)N1CCOCC1. The van der Waals surface area contributed by atoms with Crippen molar-refractivity contribution in [2.75, 3.05) is 65.8 Å². The summed E-state index contributed by atoms with van der Waals surface area (Å²) in [6, 6.07) is 0.238. The Bertz CT molecular complexity index is 523. The minimum atomic E-state index is -0.462. The standard InChI is InChI=1S/C21H36N2O6/c24-17-13-23(12-16-3-7-26-8-4-16)19-2-1-18(29-20(19)15-28-14-17)11-21(25)22-5-9-27-10-6-22/h16-20,24H,1-15H2/t17-,18-,19+,20-/m1/s1. The molecule has 1 amide bonds. The maximum Gasteiger partial charge on any atom is 0.225 e. The van der Waals surface area contributed by atoms with Crippen LogP contribution in [0.2, 0.25) is 0 Å². The molecule has 4 fully saturated rings. The molecule has 4 aliphatic heterocycles. The Morgan fingerprint density at radius 2 is 1.69 bits per heavy atom. The average Bonchev–Trinajstić information content (AvgIpc) is 2.74. The van der Waals surface area contributed by atoms with Gasteiger partial charge in [-0.1, -0.05) is 0 Å². The van der Waals surface area contributed by atoms with Crippen LogP contribution in [0, 0.1) is 5.92 Å². The molecule has 4 rings (SSSR count). The first-order valence-corrected chi connectivity index (χ1v) is 11.3. The van der Waals surface area contributed by atoms with Crippen molar-refractivity contribution in [3.63, 3.8) is 0 Å². The van der Waals surface area contributed by atoms with Crippen LogP contribution in [-0.2, 0) is 23.7 Å². The molecule has 0 aliphatic carbocycles. The Hall–Kier alpha value is -0.770. The maximum absolute atomic E-state index is 12.6. The molecule has 8 nitrogen and oxygen atoms in total. The van der Waals surface area contributed by atoms with E-state index in [1.165, 1.54) is 0 Å². The lowest BCUT2D eigenvalue weighted by Gasteiger charge is -2.46. The summed E-state index contributed by atoms with van der Waals surface area (Å²) >= 11 is 0. The van der Waals surface area contributed by atoms with E-state index >= 15 is 0 Å². The molecule has 0 bridgehead atoms. The molecule has 4 aliphatic rings. The Labute approximate surface area is 173 Å². The molecule has 0 spiro atoms. The Balaban J connectivity index is 1.35. The van der Waals surface area contributed by atoms with Gasteiger partial charge in [0.1, 0.15) is 0 Å². The van der Waals surface area contributed by atoms with E-state index in [2.05, 4.69) is 4.90 Å². The van der Waals surface area contributed by atoms with Gasteiger partial charge in [0.05, 0.1) is 51.2 Å². The van der Waals surface area contributed by atoms with Crippen molar-refractivity contribution in [3.8, 4) is 0 Å². The first kappa shape index (κ1) is 21.5. The van der Waals surface area contributed by atoms with Crippen molar-refractivity contribution in [3.05, 3.63) is 0 Å². The number of rotatable bonds is 4. The van der Waals surface area contributed by atoms with E-state index in [-0.39, 0.29) is 24.2 Å². The van der Waals surface area contributed by atoms with Crippen LogP contribution in [0.5, 0.6) is 0 Å². The van der Waals surface area contributed by atoms with E-state index in [4.69, 9.17) is 18.9 Å². The third-order valence-electron chi connectivity index (χ3n) is 6.69. The van der Waals surface area contributed by atoms with Crippen LogP contribution in [0.15, 0.2) is 0 Å². The highest BCUT2D eigenvalue weighted by Gasteiger charge is 2.39. The molecule has 0 saturated carbocycles. The fraction of sp³-hybridized carbons (Fsp3) is 0.952. The molecule has 8 heteroatoms. The number of hydrogen-bond acceptors (Lipinski definition) is 7. The van der Waals surface area contributed by atoms with E-state index < -0.39 is 6.10 Å². The zero-order valence-electron chi connectivity index (χ0n) is 17.4. The number of carbonyl (C=O) groups is 1. The lowest BCUT2D eigenvalue weighted by molar-refractivity contribution is -0.163. The number of β-amino-alcohol motifs (C(OH)–C–C–N with tert-alkyl or cyclic N) is 1. The van der Waals surface area contributed by atoms with Gasteiger partial charge in [0, 0.05) is 45.4 Å². The average molecular weight is 413 g/mol. The molecule has 0 unspecified atom stereocenters. The van der Waals surface area contributed by atoms with Gasteiger partial charge in [0.25, 0.3) is 0 Å². The molecule has 1 N–H and O–H groups in total. The van der Waals surface area contributed by atoms with E-state index in [9.17, 15) is 9.90 Å². The van der Waals surface area contributed by atoms with Crippen molar-refractivity contribution < 1.29 is 28.8 Å². The summed E-state index contributed by atoms with van der Waals surface area (Å²) in [5.74, 6) is 0.774. The van der Waals surface area contributed by atoms with Crippen molar-refractivity contribution in [2.45, 2.75) is 56.5 Å². The van der Waals surface area contributed by atoms with Gasteiger partial charge in [0.15, 0.2) is 0 Å². The maximum atomic E-state index is 12.6. The summed E-state index contributed by atoms with van der Waals surface area (Å²) < 4.78 is 23.0. The molecule has 0 aromatic heterocycles. The number of fused-ring (bicyclic) bond motifs is 1. The first-order chi connectivity index (χ1) is 14.2. The number of nitrogens with zero attached hydrogens (tertiary/aromatic N) is 2. The molecular formula is C21H36N2O6. The lowest BCUT2D eigenvalue weighted by atomic mass is 9.92. The van der Waals surface area contributed by atoms with Crippen molar-refractivity contribution >= 4 is 5.91 Å². The van der Waals surface area contributed by atoms with E-state index in [0.717, 1.165) is 45.4 Å². The summed E-state index contributed by atoms with van der Waals surface area (Å²) in [7, 11) is 0. The number of carbonyl (C=O) groups excluding carboxylic acids is 1. The van der Waals surface area contributed by atoms with E-state index in [1.54, 1.807) is 0 Å². The highest BCUT2D eigenvalue weighted by molar-refractivity contribution is 5.76. The smallest absolute Gasteiger partial charge is 0.225 e. The second kappa shape index (κ2) is 10.5. The van der Waals surface area contributed by atoms with Gasteiger partial charge in [-0.25, -0.2) is 0 Å². The summed E-state index contributed by atoms with van der Waals surface area (Å²) in [4.78, 5) is 16.9. The fourth-order valence-corrected chi connectivity index (χ4v) is 5.05. The summed E-state index contributed by atoms with van der Waals surface area (Å²) in [6.07, 6.45) is 3.89. The monoisotopic (exact) mass is 412 g/mol. The summed E-state index contributed by atoms with van der Waals surface area (Å²) in [5.41, 5.74) is 0. The number of aliphatic hydroxyl groups is 1. The minimum absolute atomic E-state index is 0.0430. The first-order valence-electron chi connectivity index (χ1n) is 11.3. The van der Waals surface area contributed by atoms with Gasteiger partial charge < -0.3 is 29.0 Å². The number of morpholine rings is 1. The van der Waals surface area contributed by atoms with Crippen molar-refractivity contribution in [2.24, 2.45) is 5.92 Å². The fourth-order valence-electron chi connectivity index (χ4n) is 5.05. The second-order valence-corrected chi connectivity index (χ2v) is 8.84. The quantitative estimate of drug-likeness (QED) is 0.710. The van der Waals surface area contributed by atoms with Crippen LogP contribution < -0.4 is 0 Å². The highest BCUT2D eigenvalue weighted by atomic mass is 16.5. The summed E-state index contributed by atoms with van der Waals surface area (Å²) in [5, 5.41) is 10.3.